The number of nitro groups is 1. The molecule has 0 fully saturated rings. The van der Waals surface area contributed by atoms with E-state index in [0.717, 1.165) is 4.90 Å². The maximum Gasteiger partial charge on any atom is 0.334 e. The van der Waals surface area contributed by atoms with Gasteiger partial charge in [0.05, 0.1) is 4.92 Å². The molecule has 1 N–H and O–H groups in total. The molecule has 6 heteroatoms. The average Bonchev–Trinajstić information content (AvgIpc) is 2.48. The van der Waals surface area contributed by atoms with Crippen LogP contribution in [-0.4, -0.2) is 17.7 Å². The minimum atomic E-state index is -0.427. The maximum atomic E-state index is 11.3. The highest BCUT2D eigenvalue weighted by atomic mass is 32.2. The first-order valence-electron chi connectivity index (χ1n) is 6.49. The Morgan fingerprint density at radius 2 is 1.95 bits per heavy atom. The third-order valence-electron chi connectivity index (χ3n) is 2.84. The van der Waals surface area contributed by atoms with Gasteiger partial charge in [0, 0.05) is 11.4 Å². The van der Waals surface area contributed by atoms with Crippen molar-refractivity contribution in [3.05, 3.63) is 52.6 Å². The number of para-hydroxylation sites is 1. The number of nitrogens with zero attached hydrogens (tertiary/aromatic N) is 1. The van der Waals surface area contributed by atoms with Crippen LogP contribution >= 0.6 is 11.8 Å². The van der Waals surface area contributed by atoms with E-state index in [9.17, 15) is 10.1 Å². The first-order chi connectivity index (χ1) is 10.2. The molecule has 0 atom stereocenters. The molecule has 2 aromatic rings. The van der Waals surface area contributed by atoms with Crippen LogP contribution in [0.4, 0.5) is 11.4 Å². The zero-order chi connectivity index (χ0) is 15.2. The van der Waals surface area contributed by atoms with Crippen LogP contribution in [0.25, 0.3) is 0 Å². The van der Waals surface area contributed by atoms with Gasteiger partial charge in [0.1, 0.15) is 11.4 Å². The van der Waals surface area contributed by atoms with Crippen LogP contribution in [-0.2, 0) is 0 Å². The molecule has 0 unspecified atom stereocenters. The fourth-order valence-corrected chi connectivity index (χ4v) is 2.31. The van der Waals surface area contributed by atoms with Gasteiger partial charge < -0.3 is 10.1 Å². The van der Waals surface area contributed by atoms with Crippen LogP contribution in [0.3, 0.4) is 0 Å². The average molecular weight is 304 g/mol. The lowest BCUT2D eigenvalue weighted by molar-refractivity contribution is -0.384. The SMILES string of the molecule is CCNc1cccc(Oc2ccc(SC)cc2)c1[N+](=O)[O-]. The standard InChI is InChI=1S/C15H16N2O3S/c1-3-16-13-5-4-6-14(15(13)17(18)19)20-11-7-9-12(21-2)10-8-11/h4-10,16H,3H2,1-2H3. The Balaban J connectivity index is 2.33. The highest BCUT2D eigenvalue weighted by Crippen LogP contribution is 2.37. The summed E-state index contributed by atoms with van der Waals surface area (Å²) in [5.41, 5.74) is 0.411. The van der Waals surface area contributed by atoms with E-state index < -0.39 is 4.92 Å². The van der Waals surface area contributed by atoms with Crippen molar-refractivity contribution in [1.82, 2.24) is 0 Å². The van der Waals surface area contributed by atoms with Gasteiger partial charge in [-0.25, -0.2) is 0 Å². The van der Waals surface area contributed by atoms with Crippen LogP contribution in [0.2, 0.25) is 0 Å². The number of nitrogens with one attached hydrogen (secondary N) is 1. The summed E-state index contributed by atoms with van der Waals surface area (Å²) in [7, 11) is 0. The summed E-state index contributed by atoms with van der Waals surface area (Å²) >= 11 is 1.63. The molecule has 0 saturated heterocycles. The van der Waals surface area contributed by atoms with Gasteiger partial charge in [-0.2, -0.15) is 0 Å². The summed E-state index contributed by atoms with van der Waals surface area (Å²) in [6.45, 7) is 2.49. The fourth-order valence-electron chi connectivity index (χ4n) is 1.90. The predicted molar refractivity (Wildman–Crippen MR) is 85.6 cm³/mol. The largest absolute Gasteiger partial charge is 0.450 e. The molecule has 0 saturated carbocycles. The van der Waals surface area contributed by atoms with Crippen molar-refractivity contribution >= 4 is 23.1 Å². The van der Waals surface area contributed by atoms with Crippen molar-refractivity contribution < 1.29 is 9.66 Å². The van der Waals surface area contributed by atoms with Gasteiger partial charge in [0.25, 0.3) is 0 Å². The second kappa shape index (κ2) is 6.99. The zero-order valence-corrected chi connectivity index (χ0v) is 12.6. The second-order valence-electron chi connectivity index (χ2n) is 4.22. The normalized spacial score (nSPS) is 10.2. The molecule has 2 rings (SSSR count). The van der Waals surface area contributed by atoms with Gasteiger partial charge in [-0.15, -0.1) is 11.8 Å². The predicted octanol–water partition coefficient (Wildman–Crippen LogP) is 4.54. The summed E-state index contributed by atoms with van der Waals surface area (Å²) in [4.78, 5) is 12.0. The summed E-state index contributed by atoms with van der Waals surface area (Å²) in [5.74, 6) is 0.805. The van der Waals surface area contributed by atoms with E-state index in [1.807, 2.05) is 25.3 Å². The molecule has 0 aliphatic rings. The van der Waals surface area contributed by atoms with Crippen LogP contribution < -0.4 is 10.1 Å². The van der Waals surface area contributed by atoms with Gasteiger partial charge in [0.2, 0.25) is 5.75 Å². The minimum Gasteiger partial charge on any atom is -0.450 e. The van der Waals surface area contributed by atoms with Crippen molar-refractivity contribution in [2.75, 3.05) is 18.1 Å². The van der Waals surface area contributed by atoms with Crippen molar-refractivity contribution in [2.24, 2.45) is 0 Å². The van der Waals surface area contributed by atoms with E-state index >= 15 is 0 Å². The molecule has 0 amide bonds. The van der Waals surface area contributed by atoms with Crippen molar-refractivity contribution in [2.45, 2.75) is 11.8 Å². The Labute approximate surface area is 127 Å². The van der Waals surface area contributed by atoms with Gasteiger partial charge in [0.15, 0.2) is 0 Å². The first kappa shape index (κ1) is 15.2. The Hall–Kier alpha value is -2.21. The summed E-state index contributed by atoms with van der Waals surface area (Å²) in [5, 5.41) is 14.3. The molecule has 0 radical (unpaired) electrons. The summed E-state index contributed by atoms with van der Waals surface area (Å²) in [6.07, 6.45) is 1.99. The van der Waals surface area contributed by atoms with Gasteiger partial charge in [-0.3, -0.25) is 10.1 Å². The topological polar surface area (TPSA) is 64.4 Å². The third kappa shape index (κ3) is 3.66. The number of rotatable bonds is 6. The van der Waals surface area contributed by atoms with E-state index in [-0.39, 0.29) is 11.4 Å². The lowest BCUT2D eigenvalue weighted by Gasteiger charge is -2.10. The highest BCUT2D eigenvalue weighted by Gasteiger charge is 2.21. The van der Waals surface area contributed by atoms with Crippen molar-refractivity contribution in [3.8, 4) is 11.5 Å². The molecule has 0 heterocycles. The van der Waals surface area contributed by atoms with Gasteiger partial charge in [-0.1, -0.05) is 6.07 Å². The van der Waals surface area contributed by atoms with Crippen LogP contribution in [0.1, 0.15) is 6.92 Å². The number of thioether (sulfide) groups is 1. The number of benzene rings is 2. The molecule has 2 aromatic carbocycles. The van der Waals surface area contributed by atoms with Crippen molar-refractivity contribution in [3.63, 3.8) is 0 Å². The number of ether oxygens (including phenoxy) is 1. The second-order valence-corrected chi connectivity index (χ2v) is 5.10. The van der Waals surface area contributed by atoms with Gasteiger partial charge in [-0.05, 0) is 49.6 Å². The molecule has 21 heavy (non-hydrogen) atoms. The number of hydrogen-bond donors (Lipinski definition) is 1. The Kier molecular flexibility index (Phi) is 5.05. The maximum absolute atomic E-state index is 11.3. The number of hydrogen-bond acceptors (Lipinski definition) is 5. The molecule has 5 nitrogen and oxygen atoms in total. The van der Waals surface area contributed by atoms with E-state index in [1.165, 1.54) is 0 Å². The molecule has 0 aromatic heterocycles. The zero-order valence-electron chi connectivity index (χ0n) is 11.8. The quantitative estimate of drug-likeness (QED) is 0.482. The molecule has 110 valence electrons. The fraction of sp³-hybridized carbons (Fsp3) is 0.200. The van der Waals surface area contributed by atoms with E-state index in [1.54, 1.807) is 42.1 Å². The van der Waals surface area contributed by atoms with Crippen LogP contribution in [0, 0.1) is 10.1 Å². The molecular formula is C15H16N2O3S. The first-order valence-corrected chi connectivity index (χ1v) is 7.71. The highest BCUT2D eigenvalue weighted by molar-refractivity contribution is 7.98. The van der Waals surface area contributed by atoms with E-state index in [4.69, 9.17) is 4.74 Å². The molecular weight excluding hydrogens is 288 g/mol. The van der Waals surface area contributed by atoms with Crippen molar-refractivity contribution in [1.29, 1.82) is 0 Å². The molecule has 0 aliphatic carbocycles. The Morgan fingerprint density at radius 3 is 2.52 bits per heavy atom. The molecule has 0 bridgehead atoms. The van der Waals surface area contributed by atoms with Crippen LogP contribution in [0.15, 0.2) is 47.4 Å². The van der Waals surface area contributed by atoms with E-state index in [2.05, 4.69) is 5.32 Å². The Morgan fingerprint density at radius 1 is 1.24 bits per heavy atom. The summed E-state index contributed by atoms with van der Waals surface area (Å²) in [6, 6.07) is 12.4. The minimum absolute atomic E-state index is 0.0479. The third-order valence-corrected chi connectivity index (χ3v) is 3.58. The lowest BCUT2D eigenvalue weighted by Crippen LogP contribution is -2.02. The summed E-state index contributed by atoms with van der Waals surface area (Å²) < 4.78 is 5.67. The molecule has 0 aliphatic heterocycles. The molecule has 0 spiro atoms. The smallest absolute Gasteiger partial charge is 0.334 e. The number of nitro benzene ring substituents is 1. The van der Waals surface area contributed by atoms with E-state index in [0.29, 0.717) is 18.0 Å². The Bertz CT molecular complexity index is 629. The number of anilines is 1. The van der Waals surface area contributed by atoms with Crippen LogP contribution in [0.5, 0.6) is 11.5 Å². The van der Waals surface area contributed by atoms with Gasteiger partial charge >= 0.3 is 5.69 Å². The lowest BCUT2D eigenvalue weighted by atomic mass is 10.2. The monoisotopic (exact) mass is 304 g/mol.